The Labute approximate surface area is 311 Å². The minimum absolute atomic E-state index is 0.146. The molecule has 0 unspecified atom stereocenters. The van der Waals surface area contributed by atoms with Crippen molar-refractivity contribution < 1.29 is 57.5 Å². The van der Waals surface area contributed by atoms with E-state index in [-0.39, 0.29) is 27.9 Å². The van der Waals surface area contributed by atoms with Gasteiger partial charge in [0.15, 0.2) is 11.6 Å². The second kappa shape index (κ2) is 16.8. The third-order valence-corrected chi connectivity index (χ3v) is 11.9. The van der Waals surface area contributed by atoms with Crippen LogP contribution in [0.25, 0.3) is 0 Å². The van der Waals surface area contributed by atoms with E-state index in [1.165, 1.54) is 36.4 Å². The number of carbonyl (C=O) groups excluding carboxylic acids is 2. The Morgan fingerprint density at radius 1 is 0.774 bits per heavy atom. The molecular formula is C32H32Cl2F6N4O7S2. The Hall–Kier alpha value is -3.62. The second-order valence-corrected chi connectivity index (χ2v) is 16.4. The molecule has 5 rings (SSSR count). The van der Waals surface area contributed by atoms with Crippen LogP contribution in [0.2, 0.25) is 10.0 Å². The van der Waals surface area contributed by atoms with Gasteiger partial charge in [0.25, 0.3) is 11.8 Å². The van der Waals surface area contributed by atoms with Gasteiger partial charge in [0.05, 0.1) is 16.9 Å². The summed E-state index contributed by atoms with van der Waals surface area (Å²) in [5.41, 5.74) is -0.457. The van der Waals surface area contributed by atoms with Crippen LogP contribution in [0.4, 0.5) is 26.3 Å². The maximum absolute atomic E-state index is 14.6. The average Bonchev–Trinajstić information content (AvgIpc) is 3.29. The molecule has 2 aliphatic rings. The van der Waals surface area contributed by atoms with Crippen molar-refractivity contribution in [1.29, 1.82) is 0 Å². The van der Waals surface area contributed by atoms with Crippen LogP contribution in [0.1, 0.15) is 31.2 Å². The average molecular weight is 834 g/mol. The summed E-state index contributed by atoms with van der Waals surface area (Å²) < 4.78 is 142. The summed E-state index contributed by atoms with van der Waals surface area (Å²) >= 11 is 11.5. The SMILES string of the molecule is COc1ccc(CN([C@@H]2CC(F)(F)CCNC2=O)S(=O)(=O)c2ccc(Cl)cc2)c(F)c1F.O=C1NCCC(F)(F)C[C@H]1NS(=O)(=O)c1ccc(Cl)cc1. The number of nitrogens with zero attached hydrogens (tertiary/aromatic N) is 1. The monoisotopic (exact) mass is 832 g/mol. The molecule has 3 aromatic carbocycles. The van der Waals surface area contributed by atoms with E-state index in [2.05, 4.69) is 15.4 Å². The van der Waals surface area contributed by atoms with Gasteiger partial charge in [0.2, 0.25) is 37.7 Å². The highest BCUT2D eigenvalue weighted by Crippen LogP contribution is 2.34. The fourth-order valence-corrected chi connectivity index (χ4v) is 8.28. The van der Waals surface area contributed by atoms with Crippen molar-refractivity contribution in [1.82, 2.24) is 19.7 Å². The summed E-state index contributed by atoms with van der Waals surface area (Å²) in [7, 11) is -7.56. The molecule has 21 heteroatoms. The number of methoxy groups -OCH3 is 1. The standard InChI is InChI=1S/C20H19ClF4N2O4S.C12H13ClF2N2O3S/c1-31-16-7-2-12(17(22)18(16)23)11-27(15-10-20(24,25)8-9-26-19(15)28)32(29,30)14-5-3-13(21)4-6-14;13-8-1-3-9(4-2-8)21(19,20)17-10-7-12(14,15)5-6-16-11(10)18/h2-7,15H,8-11H2,1H3,(H,26,28);1-4,10,17H,5-7H2,(H,16,18)/t15-;10-/m11/s1. The largest absolute Gasteiger partial charge is 0.494 e. The molecule has 0 saturated carbocycles. The number of sulfonamides is 2. The number of alkyl halides is 4. The van der Waals surface area contributed by atoms with E-state index in [1.54, 1.807) is 0 Å². The van der Waals surface area contributed by atoms with Gasteiger partial charge in [-0.05, 0) is 54.6 Å². The fraction of sp³-hybridized carbons (Fsp3) is 0.375. The Kier molecular flexibility index (Phi) is 13.4. The van der Waals surface area contributed by atoms with E-state index in [0.29, 0.717) is 9.33 Å². The van der Waals surface area contributed by atoms with E-state index in [4.69, 9.17) is 23.2 Å². The van der Waals surface area contributed by atoms with Gasteiger partial charge in [-0.25, -0.2) is 38.8 Å². The molecule has 290 valence electrons. The van der Waals surface area contributed by atoms with Crippen molar-refractivity contribution in [3.8, 4) is 5.75 Å². The minimum Gasteiger partial charge on any atom is -0.494 e. The summed E-state index contributed by atoms with van der Waals surface area (Å²) in [6.07, 6.45) is -3.19. The number of hydrogen-bond acceptors (Lipinski definition) is 7. The van der Waals surface area contributed by atoms with E-state index in [9.17, 15) is 52.8 Å². The molecule has 2 heterocycles. The third kappa shape index (κ3) is 10.8. The number of carbonyl (C=O) groups is 2. The molecule has 2 aliphatic heterocycles. The van der Waals surface area contributed by atoms with Crippen LogP contribution in [0.3, 0.4) is 0 Å². The van der Waals surface area contributed by atoms with Crippen molar-refractivity contribution >= 4 is 55.1 Å². The summed E-state index contributed by atoms with van der Waals surface area (Å²) in [4.78, 5) is 23.7. The van der Waals surface area contributed by atoms with E-state index >= 15 is 0 Å². The quantitative estimate of drug-likeness (QED) is 0.249. The highest BCUT2D eigenvalue weighted by molar-refractivity contribution is 7.89. The Bertz CT molecular complexity index is 2030. The number of ether oxygens (including phenoxy) is 1. The normalized spacial score (nSPS) is 20.3. The minimum atomic E-state index is -4.60. The lowest BCUT2D eigenvalue weighted by atomic mass is 10.1. The van der Waals surface area contributed by atoms with Crippen LogP contribution in [0.5, 0.6) is 5.75 Å². The molecule has 3 N–H and O–H groups in total. The molecule has 2 saturated heterocycles. The second-order valence-electron chi connectivity index (χ2n) is 11.9. The topological polar surface area (TPSA) is 151 Å². The Balaban J connectivity index is 0.000000258. The zero-order valence-electron chi connectivity index (χ0n) is 27.5. The summed E-state index contributed by atoms with van der Waals surface area (Å²) in [6, 6.07) is 8.73. The summed E-state index contributed by atoms with van der Waals surface area (Å²) in [5.74, 6) is -11.4. The maximum atomic E-state index is 14.6. The van der Waals surface area contributed by atoms with Gasteiger partial charge in [-0.2, -0.15) is 13.4 Å². The molecule has 2 amide bonds. The first-order valence-corrected chi connectivity index (χ1v) is 19.2. The first-order chi connectivity index (χ1) is 24.7. The van der Waals surface area contributed by atoms with Crippen molar-refractivity contribution in [2.45, 2.75) is 65.9 Å². The molecule has 53 heavy (non-hydrogen) atoms. The lowest BCUT2D eigenvalue weighted by Crippen LogP contribution is -2.49. The van der Waals surface area contributed by atoms with Crippen LogP contribution in [0, 0.1) is 11.6 Å². The Morgan fingerprint density at radius 2 is 1.28 bits per heavy atom. The highest BCUT2D eigenvalue weighted by atomic mass is 35.5. The number of benzene rings is 3. The molecule has 3 aromatic rings. The smallest absolute Gasteiger partial charge is 0.251 e. The van der Waals surface area contributed by atoms with Crippen molar-refractivity contribution in [2.24, 2.45) is 0 Å². The molecule has 0 aromatic heterocycles. The van der Waals surface area contributed by atoms with E-state index in [0.717, 1.165) is 31.4 Å². The first kappa shape index (κ1) is 42.1. The Morgan fingerprint density at radius 3 is 1.83 bits per heavy atom. The molecular weight excluding hydrogens is 801 g/mol. The zero-order chi connectivity index (χ0) is 39.4. The highest BCUT2D eigenvalue weighted by Gasteiger charge is 2.45. The molecule has 11 nitrogen and oxygen atoms in total. The molecule has 2 fully saturated rings. The van der Waals surface area contributed by atoms with Gasteiger partial charge in [0, 0.05) is 60.9 Å². The zero-order valence-corrected chi connectivity index (χ0v) is 30.7. The third-order valence-electron chi connectivity index (χ3n) is 8.06. The van der Waals surface area contributed by atoms with Crippen molar-refractivity contribution in [3.05, 3.63) is 87.9 Å². The van der Waals surface area contributed by atoms with Gasteiger partial charge in [0.1, 0.15) is 12.1 Å². The predicted molar refractivity (Wildman–Crippen MR) is 181 cm³/mol. The van der Waals surface area contributed by atoms with Crippen LogP contribution in [-0.2, 0) is 36.2 Å². The van der Waals surface area contributed by atoms with Crippen molar-refractivity contribution in [2.75, 3.05) is 20.2 Å². The molecule has 0 bridgehead atoms. The van der Waals surface area contributed by atoms with E-state index in [1.807, 2.05) is 4.72 Å². The molecule has 0 radical (unpaired) electrons. The summed E-state index contributed by atoms with van der Waals surface area (Å²) in [5, 5.41) is 5.09. The van der Waals surface area contributed by atoms with Crippen LogP contribution >= 0.6 is 23.2 Å². The van der Waals surface area contributed by atoms with Gasteiger partial charge in [-0.3, -0.25) is 9.59 Å². The van der Waals surface area contributed by atoms with Crippen LogP contribution < -0.4 is 20.1 Å². The lowest BCUT2D eigenvalue weighted by Gasteiger charge is -2.30. The lowest BCUT2D eigenvalue weighted by molar-refractivity contribution is -0.126. The van der Waals surface area contributed by atoms with Gasteiger partial charge < -0.3 is 15.4 Å². The van der Waals surface area contributed by atoms with E-state index < -0.39 is 111 Å². The molecule has 0 aliphatic carbocycles. The van der Waals surface area contributed by atoms with Gasteiger partial charge in [-0.1, -0.05) is 29.3 Å². The van der Waals surface area contributed by atoms with Gasteiger partial charge in [-0.15, -0.1) is 0 Å². The maximum Gasteiger partial charge on any atom is 0.251 e. The number of halogens is 8. The van der Waals surface area contributed by atoms with Gasteiger partial charge >= 0.3 is 0 Å². The molecule has 2 atom stereocenters. The summed E-state index contributed by atoms with van der Waals surface area (Å²) in [6.45, 7) is -1.42. The van der Waals surface area contributed by atoms with Crippen LogP contribution in [-0.4, -0.2) is 77.1 Å². The first-order valence-electron chi connectivity index (χ1n) is 15.5. The van der Waals surface area contributed by atoms with Crippen molar-refractivity contribution in [3.63, 3.8) is 0 Å². The fourth-order valence-electron chi connectivity index (χ4n) is 5.27. The number of hydrogen-bond donors (Lipinski definition) is 3. The van der Waals surface area contributed by atoms with Crippen LogP contribution in [0.15, 0.2) is 70.5 Å². The number of rotatable bonds is 9. The number of nitrogens with one attached hydrogen (secondary N) is 3. The predicted octanol–water partition coefficient (Wildman–Crippen LogP) is 5.26. The number of amides is 2. The molecule has 0 spiro atoms.